The van der Waals surface area contributed by atoms with Gasteiger partial charge < -0.3 is 9.64 Å². The normalized spacial score (nSPS) is 11.3. The predicted octanol–water partition coefficient (Wildman–Crippen LogP) is 5.64. The summed E-state index contributed by atoms with van der Waals surface area (Å²) in [6.45, 7) is 6.45. The van der Waals surface area contributed by atoms with Gasteiger partial charge in [0.25, 0.3) is 6.43 Å². The number of alkyl halides is 2. The third kappa shape index (κ3) is 4.31. The van der Waals surface area contributed by atoms with Crippen LogP contribution in [0.3, 0.4) is 0 Å². The smallest absolute Gasteiger partial charge is 0.266 e. The van der Waals surface area contributed by atoms with E-state index in [1.807, 2.05) is 57.0 Å². The second-order valence-electron chi connectivity index (χ2n) is 5.66. The Balaban J connectivity index is 2.39. The summed E-state index contributed by atoms with van der Waals surface area (Å²) < 4.78 is 32.7. The first-order chi connectivity index (χ1) is 11.4. The lowest BCUT2D eigenvalue weighted by Crippen LogP contribution is -2.14. The van der Waals surface area contributed by atoms with E-state index in [-0.39, 0.29) is 11.3 Å². The molecule has 0 radical (unpaired) electrons. The fraction of sp³-hybridized carbons (Fsp3) is 0.316. The number of nitrogens with zero attached hydrogens (tertiary/aromatic N) is 2. The number of benzene rings is 2. The maximum Gasteiger partial charge on any atom is 0.266 e. The van der Waals surface area contributed by atoms with Gasteiger partial charge in [-0.1, -0.05) is 18.2 Å². The molecule has 0 saturated carbocycles. The van der Waals surface area contributed by atoms with Crippen molar-refractivity contribution in [1.82, 2.24) is 4.90 Å². The Hall–Kier alpha value is -2.43. The Bertz CT molecular complexity index is 729. The fourth-order valence-electron chi connectivity index (χ4n) is 2.12. The number of ether oxygens (including phenoxy) is 1. The molecular formula is C19H22F2N2O. The molecule has 0 fully saturated rings. The second kappa shape index (κ2) is 7.90. The van der Waals surface area contributed by atoms with Crippen molar-refractivity contribution in [3.8, 4) is 11.5 Å². The molecule has 128 valence electrons. The highest BCUT2D eigenvalue weighted by molar-refractivity contribution is 5.65. The van der Waals surface area contributed by atoms with Crippen molar-refractivity contribution in [3.63, 3.8) is 0 Å². The molecule has 0 saturated heterocycles. The number of hydrogen-bond acceptors (Lipinski definition) is 2. The molecule has 0 unspecified atom stereocenters. The Morgan fingerprint density at radius 3 is 2.46 bits per heavy atom. The molecule has 24 heavy (non-hydrogen) atoms. The number of aryl methyl sites for hydroxylation is 2. The van der Waals surface area contributed by atoms with E-state index in [9.17, 15) is 8.78 Å². The highest BCUT2D eigenvalue weighted by Gasteiger charge is 2.17. The molecule has 2 rings (SSSR count). The van der Waals surface area contributed by atoms with Gasteiger partial charge in [-0.15, -0.1) is 0 Å². The first-order valence-electron chi connectivity index (χ1n) is 7.83. The van der Waals surface area contributed by atoms with Crippen molar-refractivity contribution in [1.29, 1.82) is 0 Å². The monoisotopic (exact) mass is 332 g/mol. The van der Waals surface area contributed by atoms with E-state index in [1.165, 1.54) is 6.07 Å². The molecule has 2 aromatic carbocycles. The molecule has 3 nitrogen and oxygen atoms in total. The van der Waals surface area contributed by atoms with Crippen LogP contribution in [0.15, 0.2) is 41.4 Å². The SMILES string of the molecule is CCN(C)C=Nc1cc(C)c(Oc2ccccc2C)cc1C(F)F. The Labute approximate surface area is 141 Å². The first kappa shape index (κ1) is 17.9. The van der Waals surface area contributed by atoms with Crippen LogP contribution < -0.4 is 4.74 Å². The topological polar surface area (TPSA) is 24.8 Å². The van der Waals surface area contributed by atoms with Crippen LogP contribution in [0.25, 0.3) is 0 Å². The highest BCUT2D eigenvalue weighted by atomic mass is 19.3. The summed E-state index contributed by atoms with van der Waals surface area (Å²) in [4.78, 5) is 6.01. The van der Waals surface area contributed by atoms with Crippen molar-refractivity contribution in [2.75, 3.05) is 13.6 Å². The lowest BCUT2D eigenvalue weighted by molar-refractivity contribution is 0.151. The van der Waals surface area contributed by atoms with Gasteiger partial charge in [-0.25, -0.2) is 13.8 Å². The van der Waals surface area contributed by atoms with Gasteiger partial charge in [0.2, 0.25) is 0 Å². The van der Waals surface area contributed by atoms with Crippen LogP contribution in [-0.2, 0) is 0 Å². The molecule has 0 heterocycles. The summed E-state index contributed by atoms with van der Waals surface area (Å²) in [6.07, 6.45) is -1.06. The predicted molar refractivity (Wildman–Crippen MR) is 93.8 cm³/mol. The highest BCUT2D eigenvalue weighted by Crippen LogP contribution is 2.37. The summed E-state index contributed by atoms with van der Waals surface area (Å²) in [7, 11) is 1.84. The third-order valence-corrected chi connectivity index (χ3v) is 3.77. The van der Waals surface area contributed by atoms with Crippen LogP contribution in [0.5, 0.6) is 11.5 Å². The minimum Gasteiger partial charge on any atom is -0.457 e. The minimum atomic E-state index is -2.62. The molecule has 5 heteroatoms. The van der Waals surface area contributed by atoms with Crippen LogP contribution in [0.4, 0.5) is 14.5 Å². The minimum absolute atomic E-state index is 0.134. The Morgan fingerprint density at radius 1 is 1.12 bits per heavy atom. The van der Waals surface area contributed by atoms with Gasteiger partial charge in [0.15, 0.2) is 0 Å². The fourth-order valence-corrected chi connectivity index (χ4v) is 2.12. The quantitative estimate of drug-likeness (QED) is 0.505. The Kier molecular flexibility index (Phi) is 5.90. The average molecular weight is 332 g/mol. The average Bonchev–Trinajstić information content (AvgIpc) is 2.56. The van der Waals surface area contributed by atoms with E-state index in [2.05, 4.69) is 4.99 Å². The molecule has 0 atom stereocenters. The van der Waals surface area contributed by atoms with Crippen LogP contribution in [-0.4, -0.2) is 24.8 Å². The van der Waals surface area contributed by atoms with Crippen LogP contribution >= 0.6 is 0 Å². The van der Waals surface area contributed by atoms with Crippen molar-refractivity contribution in [2.24, 2.45) is 4.99 Å². The Morgan fingerprint density at radius 2 is 1.83 bits per heavy atom. The van der Waals surface area contributed by atoms with Gasteiger partial charge in [-0.2, -0.15) is 0 Å². The van der Waals surface area contributed by atoms with Gasteiger partial charge >= 0.3 is 0 Å². The van der Waals surface area contributed by atoms with Gasteiger partial charge in [0.05, 0.1) is 12.0 Å². The first-order valence-corrected chi connectivity index (χ1v) is 7.83. The molecule has 0 aromatic heterocycles. The van der Waals surface area contributed by atoms with Crippen LogP contribution in [0.2, 0.25) is 0 Å². The van der Waals surface area contributed by atoms with Crippen molar-refractivity contribution >= 4 is 12.0 Å². The summed E-state index contributed by atoms with van der Waals surface area (Å²) in [6, 6.07) is 10.5. The molecule has 0 bridgehead atoms. The van der Waals surface area contributed by atoms with E-state index in [4.69, 9.17) is 4.74 Å². The zero-order valence-corrected chi connectivity index (χ0v) is 14.4. The molecule has 0 N–H and O–H groups in total. The largest absolute Gasteiger partial charge is 0.457 e. The molecule has 0 aliphatic carbocycles. The molecule has 0 aliphatic heterocycles. The molecule has 0 spiro atoms. The lowest BCUT2D eigenvalue weighted by atomic mass is 10.1. The summed E-state index contributed by atoms with van der Waals surface area (Å²) in [5.41, 5.74) is 1.83. The molecule has 0 amide bonds. The van der Waals surface area contributed by atoms with E-state index in [1.54, 1.807) is 12.4 Å². The summed E-state index contributed by atoms with van der Waals surface area (Å²) in [5.74, 6) is 1.07. The summed E-state index contributed by atoms with van der Waals surface area (Å²) in [5, 5.41) is 0. The molecular weight excluding hydrogens is 310 g/mol. The van der Waals surface area contributed by atoms with E-state index in [0.717, 1.165) is 17.7 Å². The molecule has 2 aromatic rings. The maximum atomic E-state index is 13.4. The van der Waals surface area contributed by atoms with E-state index >= 15 is 0 Å². The summed E-state index contributed by atoms with van der Waals surface area (Å²) >= 11 is 0. The standard InChI is InChI=1S/C19H22F2N2O/c1-5-23(4)12-22-16-10-14(3)18(11-15(16)19(20)21)24-17-9-7-6-8-13(17)2/h6-12,19H,5H2,1-4H3. The van der Waals surface area contributed by atoms with Crippen LogP contribution in [0, 0.1) is 13.8 Å². The van der Waals surface area contributed by atoms with Gasteiger partial charge in [-0.3, -0.25) is 0 Å². The zero-order chi connectivity index (χ0) is 17.7. The number of halogens is 2. The number of rotatable bonds is 6. The van der Waals surface area contributed by atoms with Gasteiger partial charge in [0, 0.05) is 19.2 Å². The number of para-hydroxylation sites is 1. The molecule has 0 aliphatic rings. The number of aliphatic imine (C=N–C) groups is 1. The zero-order valence-electron chi connectivity index (χ0n) is 14.4. The number of hydrogen-bond donors (Lipinski definition) is 0. The second-order valence-corrected chi connectivity index (χ2v) is 5.66. The lowest BCUT2D eigenvalue weighted by Gasteiger charge is -2.15. The maximum absolute atomic E-state index is 13.4. The van der Waals surface area contributed by atoms with Gasteiger partial charge in [-0.05, 0) is 50.1 Å². The van der Waals surface area contributed by atoms with Crippen molar-refractivity contribution < 1.29 is 13.5 Å². The van der Waals surface area contributed by atoms with Gasteiger partial charge in [0.1, 0.15) is 11.5 Å². The van der Waals surface area contributed by atoms with E-state index < -0.39 is 6.43 Å². The van der Waals surface area contributed by atoms with Crippen molar-refractivity contribution in [2.45, 2.75) is 27.2 Å². The van der Waals surface area contributed by atoms with Crippen molar-refractivity contribution in [3.05, 3.63) is 53.1 Å². The third-order valence-electron chi connectivity index (χ3n) is 3.77. The van der Waals surface area contributed by atoms with Crippen LogP contribution in [0.1, 0.15) is 30.0 Å². The van der Waals surface area contributed by atoms with E-state index in [0.29, 0.717) is 11.5 Å².